The molecule has 1 atom stereocenters. The Hall–Kier alpha value is -3.84. The van der Waals surface area contributed by atoms with Crippen LogP contribution < -0.4 is 19.5 Å². The van der Waals surface area contributed by atoms with Gasteiger partial charge < -0.3 is 19.5 Å². The summed E-state index contributed by atoms with van der Waals surface area (Å²) in [7, 11) is 1.59. The van der Waals surface area contributed by atoms with Crippen LogP contribution in [0.1, 0.15) is 29.1 Å². The summed E-state index contributed by atoms with van der Waals surface area (Å²) in [6.07, 6.45) is 0.225. The molecule has 0 bridgehead atoms. The van der Waals surface area contributed by atoms with E-state index in [0.29, 0.717) is 18.1 Å². The van der Waals surface area contributed by atoms with E-state index >= 15 is 0 Å². The molecule has 0 unspecified atom stereocenters. The molecule has 0 saturated carbocycles. The lowest BCUT2D eigenvalue weighted by atomic mass is 10.1. The number of nitrogens with zero attached hydrogens (tertiary/aromatic N) is 1. The van der Waals surface area contributed by atoms with Gasteiger partial charge in [0.25, 0.3) is 0 Å². The summed E-state index contributed by atoms with van der Waals surface area (Å²) in [4.78, 5) is 18.2. The maximum atomic E-state index is 12.2. The quantitative estimate of drug-likeness (QED) is 0.287. The Morgan fingerprint density at radius 2 is 1.60 bits per heavy atom. The first-order valence-electron chi connectivity index (χ1n) is 11.4. The predicted molar refractivity (Wildman–Crippen MR) is 138 cm³/mol. The molecular weight excluding hydrogens is 460 g/mol. The lowest BCUT2D eigenvalue weighted by Gasteiger charge is -2.15. The second-order valence-electron chi connectivity index (χ2n) is 7.99. The number of aryl methyl sites for hydroxylation is 1. The van der Waals surface area contributed by atoms with Crippen molar-refractivity contribution in [1.82, 2.24) is 10.3 Å². The van der Waals surface area contributed by atoms with Gasteiger partial charge in [0.05, 0.1) is 25.5 Å². The molecular formula is C28H28N2O4S. The minimum Gasteiger partial charge on any atom is -0.497 e. The predicted octanol–water partition coefficient (Wildman–Crippen LogP) is 6.60. The molecule has 1 N–H and O–H groups in total. The van der Waals surface area contributed by atoms with Crippen molar-refractivity contribution in [2.75, 3.05) is 13.7 Å². The first kappa shape index (κ1) is 24.3. The van der Waals surface area contributed by atoms with E-state index in [1.165, 1.54) is 4.88 Å². The van der Waals surface area contributed by atoms with E-state index in [1.807, 2.05) is 49.4 Å². The number of rotatable bonds is 9. The highest BCUT2D eigenvalue weighted by Gasteiger charge is 2.12. The summed E-state index contributed by atoms with van der Waals surface area (Å²) in [5.41, 5.74) is 3.16. The fourth-order valence-electron chi connectivity index (χ4n) is 3.52. The Morgan fingerprint density at radius 1 is 0.943 bits per heavy atom. The average molecular weight is 489 g/mol. The SMILES string of the molecule is COc1ccc(OC(=O)N[C@@H](C)c2ccc(OCCc3nc(-c4ccccc4)sc3C)cc2)cc1. The number of thiazole rings is 1. The number of carbonyl (C=O) groups is 1. The van der Waals surface area contributed by atoms with Crippen LogP contribution in [0.5, 0.6) is 17.2 Å². The van der Waals surface area contributed by atoms with Crippen LogP contribution in [-0.4, -0.2) is 24.8 Å². The van der Waals surface area contributed by atoms with Gasteiger partial charge in [0.15, 0.2) is 0 Å². The van der Waals surface area contributed by atoms with Crippen molar-refractivity contribution in [3.8, 4) is 27.8 Å². The molecule has 0 aliphatic rings. The summed E-state index contributed by atoms with van der Waals surface area (Å²) < 4.78 is 16.4. The van der Waals surface area contributed by atoms with Crippen molar-refractivity contribution < 1.29 is 19.0 Å². The molecule has 4 rings (SSSR count). The van der Waals surface area contributed by atoms with Gasteiger partial charge in [-0.2, -0.15) is 0 Å². The standard InChI is InChI=1S/C28H28N2O4S/c1-19(29-28(31)34-25-15-13-23(32-3)14-16-25)21-9-11-24(12-10-21)33-18-17-26-20(2)35-27(30-26)22-7-5-4-6-8-22/h4-16,19H,17-18H2,1-3H3,(H,29,31)/t19-/m0/s1. The third-order valence-corrected chi connectivity index (χ3v) is 6.57. The van der Waals surface area contributed by atoms with E-state index in [-0.39, 0.29) is 6.04 Å². The summed E-state index contributed by atoms with van der Waals surface area (Å²) in [6, 6.07) is 24.5. The van der Waals surface area contributed by atoms with Gasteiger partial charge in [0, 0.05) is 16.9 Å². The van der Waals surface area contributed by atoms with Gasteiger partial charge in [-0.3, -0.25) is 0 Å². The largest absolute Gasteiger partial charge is 0.497 e. The first-order valence-corrected chi connectivity index (χ1v) is 12.2. The number of ether oxygens (including phenoxy) is 3. The van der Waals surface area contributed by atoms with Gasteiger partial charge in [-0.15, -0.1) is 11.3 Å². The van der Waals surface area contributed by atoms with Crippen molar-refractivity contribution in [2.45, 2.75) is 26.3 Å². The summed E-state index contributed by atoms with van der Waals surface area (Å²) in [5, 5.41) is 3.88. The van der Waals surface area contributed by atoms with E-state index < -0.39 is 6.09 Å². The van der Waals surface area contributed by atoms with Crippen molar-refractivity contribution in [3.05, 3.63) is 95.0 Å². The fraction of sp³-hybridized carbons (Fsp3) is 0.214. The lowest BCUT2D eigenvalue weighted by Crippen LogP contribution is -2.29. The normalized spacial score (nSPS) is 11.5. The Labute approximate surface area is 209 Å². The van der Waals surface area contributed by atoms with E-state index in [4.69, 9.17) is 19.2 Å². The molecule has 7 heteroatoms. The highest BCUT2D eigenvalue weighted by atomic mass is 32.1. The zero-order valence-corrected chi connectivity index (χ0v) is 20.8. The molecule has 0 saturated heterocycles. The molecule has 1 amide bonds. The monoisotopic (exact) mass is 488 g/mol. The minimum absolute atomic E-state index is 0.219. The number of hydrogen-bond acceptors (Lipinski definition) is 6. The van der Waals surface area contributed by atoms with Crippen molar-refractivity contribution in [1.29, 1.82) is 0 Å². The van der Waals surface area contributed by atoms with Gasteiger partial charge in [-0.05, 0) is 55.8 Å². The van der Waals surface area contributed by atoms with Gasteiger partial charge in [-0.1, -0.05) is 42.5 Å². The zero-order chi connectivity index (χ0) is 24.6. The van der Waals surface area contributed by atoms with Crippen LogP contribution in [-0.2, 0) is 6.42 Å². The Balaban J connectivity index is 1.25. The van der Waals surface area contributed by atoms with Crippen LogP contribution >= 0.6 is 11.3 Å². The minimum atomic E-state index is -0.517. The molecule has 1 heterocycles. The number of nitrogens with one attached hydrogen (secondary N) is 1. The van der Waals surface area contributed by atoms with Crippen molar-refractivity contribution in [3.63, 3.8) is 0 Å². The smallest absolute Gasteiger partial charge is 0.413 e. The number of benzene rings is 3. The molecule has 0 fully saturated rings. The van der Waals surface area contributed by atoms with Crippen LogP contribution in [0.3, 0.4) is 0 Å². The van der Waals surface area contributed by atoms with Crippen LogP contribution in [0.2, 0.25) is 0 Å². The highest BCUT2D eigenvalue weighted by Crippen LogP contribution is 2.28. The maximum Gasteiger partial charge on any atom is 0.413 e. The zero-order valence-electron chi connectivity index (χ0n) is 20.0. The van der Waals surface area contributed by atoms with Crippen molar-refractivity contribution >= 4 is 17.4 Å². The molecule has 180 valence electrons. The van der Waals surface area contributed by atoms with E-state index in [1.54, 1.807) is 42.7 Å². The van der Waals surface area contributed by atoms with Crippen molar-refractivity contribution in [2.24, 2.45) is 0 Å². The second-order valence-corrected chi connectivity index (χ2v) is 9.19. The molecule has 35 heavy (non-hydrogen) atoms. The molecule has 0 aliphatic heterocycles. The molecule has 6 nitrogen and oxygen atoms in total. The molecule has 0 radical (unpaired) electrons. The molecule has 3 aromatic carbocycles. The van der Waals surface area contributed by atoms with E-state index in [9.17, 15) is 4.79 Å². The Morgan fingerprint density at radius 3 is 2.29 bits per heavy atom. The highest BCUT2D eigenvalue weighted by molar-refractivity contribution is 7.15. The Kier molecular flexibility index (Phi) is 8.00. The lowest BCUT2D eigenvalue weighted by molar-refractivity contribution is 0.197. The summed E-state index contributed by atoms with van der Waals surface area (Å²) in [6.45, 7) is 4.54. The van der Waals surface area contributed by atoms with Crippen LogP contribution in [0.25, 0.3) is 10.6 Å². The number of methoxy groups -OCH3 is 1. The summed E-state index contributed by atoms with van der Waals surface area (Å²) >= 11 is 1.71. The van der Waals surface area contributed by atoms with Gasteiger partial charge >= 0.3 is 6.09 Å². The van der Waals surface area contributed by atoms with E-state index in [0.717, 1.165) is 34.0 Å². The molecule has 0 aliphatic carbocycles. The van der Waals surface area contributed by atoms with Crippen LogP contribution in [0, 0.1) is 6.92 Å². The van der Waals surface area contributed by atoms with Gasteiger partial charge in [0.1, 0.15) is 22.3 Å². The molecule has 1 aromatic heterocycles. The van der Waals surface area contributed by atoms with E-state index in [2.05, 4.69) is 24.4 Å². The number of aromatic nitrogens is 1. The third kappa shape index (κ3) is 6.61. The molecule has 4 aromatic rings. The number of carbonyl (C=O) groups excluding carboxylic acids is 1. The Bertz CT molecular complexity index is 1240. The summed E-state index contributed by atoms with van der Waals surface area (Å²) in [5.74, 6) is 1.93. The topological polar surface area (TPSA) is 69.7 Å². The first-order chi connectivity index (χ1) is 17.0. The fourth-order valence-corrected chi connectivity index (χ4v) is 4.49. The number of amides is 1. The van der Waals surface area contributed by atoms with Gasteiger partial charge in [-0.25, -0.2) is 9.78 Å². The second kappa shape index (κ2) is 11.5. The molecule has 0 spiro atoms. The third-order valence-electron chi connectivity index (χ3n) is 5.51. The average Bonchev–Trinajstić information content (AvgIpc) is 3.25. The van der Waals surface area contributed by atoms with Gasteiger partial charge in [0.2, 0.25) is 0 Å². The maximum absolute atomic E-state index is 12.2. The number of hydrogen-bond donors (Lipinski definition) is 1. The van der Waals surface area contributed by atoms with Crippen LogP contribution in [0.15, 0.2) is 78.9 Å². The van der Waals surface area contributed by atoms with Crippen LogP contribution in [0.4, 0.5) is 4.79 Å².